The number of pyridine rings is 1. The number of aromatic nitrogens is 1. The summed E-state index contributed by atoms with van der Waals surface area (Å²) in [6.45, 7) is 1.52. The fourth-order valence-corrected chi connectivity index (χ4v) is 3.01. The molecule has 1 aromatic heterocycles. The fraction of sp³-hybridized carbons (Fsp3) is 0.333. The number of halogens is 1. The van der Waals surface area contributed by atoms with Gasteiger partial charge < -0.3 is 4.90 Å². The number of piperidine rings is 1. The third-order valence-corrected chi connectivity index (χ3v) is 4.12. The minimum atomic E-state index is -0.316. The van der Waals surface area contributed by atoms with Crippen LogP contribution in [0.1, 0.15) is 28.9 Å². The van der Waals surface area contributed by atoms with Crippen molar-refractivity contribution in [1.82, 2.24) is 9.88 Å². The Morgan fingerprint density at radius 1 is 1.23 bits per heavy atom. The lowest BCUT2D eigenvalue weighted by molar-refractivity contribution is 0.0672. The predicted octanol–water partition coefficient (Wildman–Crippen LogP) is 3.32. The van der Waals surface area contributed by atoms with E-state index in [0.717, 1.165) is 38.0 Å². The van der Waals surface area contributed by atoms with Crippen LogP contribution in [0.5, 0.6) is 0 Å². The predicted molar refractivity (Wildman–Crippen MR) is 83.0 cm³/mol. The van der Waals surface area contributed by atoms with Crippen LogP contribution in [0.25, 0.3) is 0 Å². The molecule has 0 saturated carbocycles. The molecule has 1 atom stereocenters. The zero-order valence-electron chi connectivity index (χ0n) is 12.4. The average molecular weight is 298 g/mol. The second kappa shape index (κ2) is 6.69. The van der Waals surface area contributed by atoms with Crippen LogP contribution in [0.2, 0.25) is 0 Å². The van der Waals surface area contributed by atoms with E-state index in [-0.39, 0.29) is 11.7 Å². The van der Waals surface area contributed by atoms with Crippen LogP contribution < -0.4 is 0 Å². The lowest BCUT2D eigenvalue weighted by Crippen LogP contribution is -2.40. The minimum absolute atomic E-state index is 0.00859. The SMILES string of the molecule is O=C(c1ccc(F)cc1)N1CCCC(Cc2ccccn2)C1. The van der Waals surface area contributed by atoms with E-state index in [9.17, 15) is 9.18 Å². The number of amides is 1. The van der Waals surface area contributed by atoms with Crippen molar-refractivity contribution in [2.24, 2.45) is 5.92 Å². The number of rotatable bonds is 3. The summed E-state index contributed by atoms with van der Waals surface area (Å²) in [6.07, 6.45) is 4.82. The van der Waals surface area contributed by atoms with E-state index in [1.54, 1.807) is 18.3 Å². The van der Waals surface area contributed by atoms with Gasteiger partial charge in [0.2, 0.25) is 0 Å². The Bertz CT molecular complexity index is 627. The van der Waals surface area contributed by atoms with Gasteiger partial charge >= 0.3 is 0 Å². The molecular weight excluding hydrogens is 279 g/mol. The lowest BCUT2D eigenvalue weighted by Gasteiger charge is -2.32. The first kappa shape index (κ1) is 14.7. The molecule has 0 spiro atoms. The number of carbonyl (C=O) groups excluding carboxylic acids is 1. The molecule has 1 saturated heterocycles. The molecule has 0 bridgehead atoms. The van der Waals surface area contributed by atoms with Crippen molar-refractivity contribution in [3.8, 4) is 0 Å². The molecule has 0 N–H and O–H groups in total. The van der Waals surface area contributed by atoms with Crippen LogP contribution in [0.4, 0.5) is 4.39 Å². The van der Waals surface area contributed by atoms with Crippen molar-refractivity contribution in [3.05, 3.63) is 65.7 Å². The highest BCUT2D eigenvalue weighted by atomic mass is 19.1. The van der Waals surface area contributed by atoms with Crippen molar-refractivity contribution in [2.75, 3.05) is 13.1 Å². The summed E-state index contributed by atoms with van der Waals surface area (Å²) >= 11 is 0. The Morgan fingerprint density at radius 2 is 2.05 bits per heavy atom. The zero-order valence-corrected chi connectivity index (χ0v) is 12.4. The summed E-state index contributed by atoms with van der Waals surface area (Å²) in [6, 6.07) is 11.7. The number of benzene rings is 1. The van der Waals surface area contributed by atoms with Gasteiger partial charge in [0.05, 0.1) is 0 Å². The Labute approximate surface area is 129 Å². The first-order valence-electron chi connectivity index (χ1n) is 7.67. The lowest BCUT2D eigenvalue weighted by atomic mass is 9.92. The molecule has 1 fully saturated rings. The fourth-order valence-electron chi connectivity index (χ4n) is 3.01. The van der Waals surface area contributed by atoms with Gasteiger partial charge in [-0.1, -0.05) is 6.07 Å². The second-order valence-corrected chi connectivity index (χ2v) is 5.79. The van der Waals surface area contributed by atoms with Crippen molar-refractivity contribution < 1.29 is 9.18 Å². The van der Waals surface area contributed by atoms with Crippen LogP contribution in [-0.4, -0.2) is 28.9 Å². The molecule has 114 valence electrons. The molecule has 2 aromatic rings. The van der Waals surface area contributed by atoms with Gasteiger partial charge in [-0.15, -0.1) is 0 Å². The number of hydrogen-bond donors (Lipinski definition) is 0. The monoisotopic (exact) mass is 298 g/mol. The Kier molecular flexibility index (Phi) is 4.47. The molecule has 4 heteroatoms. The van der Waals surface area contributed by atoms with Gasteiger partial charge in [0, 0.05) is 30.5 Å². The first-order chi connectivity index (χ1) is 10.7. The molecule has 1 amide bonds. The van der Waals surface area contributed by atoms with Crippen LogP contribution in [0.3, 0.4) is 0 Å². The van der Waals surface area contributed by atoms with E-state index < -0.39 is 0 Å². The molecule has 1 unspecified atom stereocenters. The largest absolute Gasteiger partial charge is 0.338 e. The molecule has 22 heavy (non-hydrogen) atoms. The molecule has 1 aromatic carbocycles. The number of carbonyl (C=O) groups is 1. The Balaban J connectivity index is 1.65. The molecule has 3 rings (SSSR count). The molecular formula is C18H19FN2O. The first-order valence-corrected chi connectivity index (χ1v) is 7.67. The van der Waals surface area contributed by atoms with Crippen LogP contribution in [0.15, 0.2) is 48.7 Å². The van der Waals surface area contributed by atoms with Crippen molar-refractivity contribution in [2.45, 2.75) is 19.3 Å². The van der Waals surface area contributed by atoms with Gasteiger partial charge in [-0.05, 0) is 61.6 Å². The Morgan fingerprint density at radius 3 is 2.77 bits per heavy atom. The van der Waals surface area contributed by atoms with Crippen LogP contribution in [-0.2, 0) is 6.42 Å². The maximum absolute atomic E-state index is 13.0. The number of likely N-dealkylation sites (tertiary alicyclic amines) is 1. The van der Waals surface area contributed by atoms with Gasteiger partial charge in [0.1, 0.15) is 5.82 Å². The average Bonchev–Trinajstić information content (AvgIpc) is 2.56. The van der Waals surface area contributed by atoms with E-state index in [1.807, 2.05) is 23.1 Å². The summed E-state index contributed by atoms with van der Waals surface area (Å²) in [4.78, 5) is 18.7. The standard InChI is InChI=1S/C18H19FN2O/c19-16-8-6-15(7-9-16)18(22)21-11-3-4-14(13-21)12-17-5-1-2-10-20-17/h1-2,5-10,14H,3-4,11-13H2. The Hall–Kier alpha value is -2.23. The second-order valence-electron chi connectivity index (χ2n) is 5.79. The highest BCUT2D eigenvalue weighted by Gasteiger charge is 2.24. The van der Waals surface area contributed by atoms with E-state index >= 15 is 0 Å². The third kappa shape index (κ3) is 3.50. The highest BCUT2D eigenvalue weighted by molar-refractivity contribution is 5.94. The quantitative estimate of drug-likeness (QED) is 0.871. The molecule has 3 nitrogen and oxygen atoms in total. The molecule has 2 heterocycles. The van der Waals surface area contributed by atoms with E-state index in [4.69, 9.17) is 0 Å². The molecule has 0 aliphatic carbocycles. The van der Waals surface area contributed by atoms with Crippen molar-refractivity contribution >= 4 is 5.91 Å². The highest BCUT2D eigenvalue weighted by Crippen LogP contribution is 2.21. The molecule has 0 radical (unpaired) electrons. The van der Waals surface area contributed by atoms with Gasteiger partial charge in [0.15, 0.2) is 0 Å². The summed E-state index contributed by atoms with van der Waals surface area (Å²) in [7, 11) is 0. The van der Waals surface area contributed by atoms with E-state index in [1.165, 1.54) is 12.1 Å². The van der Waals surface area contributed by atoms with Crippen LogP contribution in [0, 0.1) is 11.7 Å². The summed E-state index contributed by atoms with van der Waals surface area (Å²) in [5.74, 6) is 0.113. The summed E-state index contributed by atoms with van der Waals surface area (Å²) < 4.78 is 13.0. The maximum Gasteiger partial charge on any atom is 0.253 e. The molecule has 1 aliphatic heterocycles. The maximum atomic E-state index is 13.0. The van der Waals surface area contributed by atoms with Gasteiger partial charge in [0.25, 0.3) is 5.91 Å². The summed E-state index contributed by atoms with van der Waals surface area (Å²) in [5.41, 5.74) is 1.63. The van der Waals surface area contributed by atoms with E-state index in [2.05, 4.69) is 4.98 Å². The van der Waals surface area contributed by atoms with Gasteiger partial charge in [-0.3, -0.25) is 9.78 Å². The van der Waals surface area contributed by atoms with Crippen LogP contribution >= 0.6 is 0 Å². The number of hydrogen-bond acceptors (Lipinski definition) is 2. The number of nitrogens with zero attached hydrogens (tertiary/aromatic N) is 2. The van der Waals surface area contributed by atoms with Crippen molar-refractivity contribution in [1.29, 1.82) is 0 Å². The smallest absolute Gasteiger partial charge is 0.253 e. The topological polar surface area (TPSA) is 33.2 Å². The van der Waals surface area contributed by atoms with Crippen molar-refractivity contribution in [3.63, 3.8) is 0 Å². The zero-order chi connectivity index (χ0) is 15.4. The minimum Gasteiger partial charge on any atom is -0.338 e. The molecule has 1 aliphatic rings. The van der Waals surface area contributed by atoms with Gasteiger partial charge in [-0.25, -0.2) is 4.39 Å². The summed E-state index contributed by atoms with van der Waals surface area (Å²) in [5, 5.41) is 0. The third-order valence-electron chi connectivity index (χ3n) is 4.12. The van der Waals surface area contributed by atoms with Gasteiger partial charge in [-0.2, -0.15) is 0 Å². The normalized spacial score (nSPS) is 18.2. The van der Waals surface area contributed by atoms with E-state index in [0.29, 0.717) is 11.5 Å².